The summed E-state index contributed by atoms with van der Waals surface area (Å²) < 4.78 is 0. The monoisotopic (exact) mass is 220 g/mol. The summed E-state index contributed by atoms with van der Waals surface area (Å²) in [5, 5.41) is 9.54. The first-order valence-electron chi connectivity index (χ1n) is 6.09. The fraction of sp³-hybridized carbons (Fsp3) is 0.615. The van der Waals surface area contributed by atoms with Crippen LogP contribution in [0.4, 0.5) is 5.82 Å². The number of anilines is 1. The van der Waals surface area contributed by atoms with Crippen molar-refractivity contribution >= 4 is 5.82 Å². The molecule has 0 amide bonds. The molecule has 2 atom stereocenters. The number of aliphatic hydroxyl groups excluding tert-OH is 1. The van der Waals surface area contributed by atoms with E-state index in [2.05, 4.69) is 16.8 Å². The highest BCUT2D eigenvalue weighted by molar-refractivity contribution is 5.42. The summed E-state index contributed by atoms with van der Waals surface area (Å²) in [4.78, 5) is 6.71. The summed E-state index contributed by atoms with van der Waals surface area (Å²) in [7, 11) is 0. The number of rotatable bonds is 3. The van der Waals surface area contributed by atoms with E-state index in [4.69, 9.17) is 0 Å². The van der Waals surface area contributed by atoms with E-state index in [1.165, 1.54) is 12.8 Å². The van der Waals surface area contributed by atoms with E-state index in [1.807, 2.05) is 12.1 Å². The van der Waals surface area contributed by atoms with Crippen molar-refractivity contribution in [2.45, 2.75) is 32.8 Å². The van der Waals surface area contributed by atoms with Gasteiger partial charge in [-0.15, -0.1) is 0 Å². The normalized spacial score (nSPS) is 22.4. The van der Waals surface area contributed by atoms with E-state index < -0.39 is 6.10 Å². The summed E-state index contributed by atoms with van der Waals surface area (Å²) in [6, 6.07) is 3.88. The first-order valence-corrected chi connectivity index (χ1v) is 6.09. The van der Waals surface area contributed by atoms with Gasteiger partial charge in [0.1, 0.15) is 5.82 Å². The Morgan fingerprint density at radius 1 is 1.62 bits per heavy atom. The Morgan fingerprint density at radius 2 is 2.44 bits per heavy atom. The lowest BCUT2D eigenvalue weighted by atomic mass is 10.1. The fourth-order valence-electron chi connectivity index (χ4n) is 2.24. The van der Waals surface area contributed by atoms with Crippen molar-refractivity contribution in [3.05, 3.63) is 23.9 Å². The maximum Gasteiger partial charge on any atom is 0.128 e. The van der Waals surface area contributed by atoms with Gasteiger partial charge in [-0.05, 0) is 37.0 Å². The molecule has 1 saturated heterocycles. The van der Waals surface area contributed by atoms with Crippen molar-refractivity contribution in [1.29, 1.82) is 0 Å². The summed E-state index contributed by atoms with van der Waals surface area (Å²) in [6.07, 6.45) is 3.88. The number of nitrogens with zero attached hydrogens (tertiary/aromatic N) is 2. The maximum absolute atomic E-state index is 9.54. The first-order chi connectivity index (χ1) is 7.70. The second-order valence-electron chi connectivity index (χ2n) is 4.63. The molecule has 3 heteroatoms. The Morgan fingerprint density at radius 3 is 3.06 bits per heavy atom. The zero-order valence-corrected chi connectivity index (χ0v) is 10.1. The van der Waals surface area contributed by atoms with Crippen molar-refractivity contribution < 1.29 is 5.11 Å². The zero-order chi connectivity index (χ0) is 11.5. The number of hydrogen-bond donors (Lipinski definition) is 1. The number of aliphatic hydroxyl groups is 1. The molecule has 2 heterocycles. The van der Waals surface area contributed by atoms with Crippen molar-refractivity contribution in [3.63, 3.8) is 0 Å². The van der Waals surface area contributed by atoms with E-state index in [-0.39, 0.29) is 0 Å². The third-order valence-corrected chi connectivity index (χ3v) is 3.44. The van der Waals surface area contributed by atoms with Gasteiger partial charge in [-0.3, -0.25) is 0 Å². The van der Waals surface area contributed by atoms with Crippen LogP contribution in [0.15, 0.2) is 18.3 Å². The average molecular weight is 220 g/mol. The van der Waals surface area contributed by atoms with E-state index in [0.717, 1.165) is 30.4 Å². The highest BCUT2D eigenvalue weighted by atomic mass is 16.3. The molecule has 0 spiro atoms. The van der Waals surface area contributed by atoms with Gasteiger partial charge in [-0.25, -0.2) is 4.98 Å². The van der Waals surface area contributed by atoms with Gasteiger partial charge >= 0.3 is 0 Å². The van der Waals surface area contributed by atoms with Gasteiger partial charge < -0.3 is 10.0 Å². The molecular formula is C13H20N2O. The summed E-state index contributed by atoms with van der Waals surface area (Å²) >= 11 is 0. The van der Waals surface area contributed by atoms with Gasteiger partial charge in [-0.1, -0.05) is 13.3 Å². The fourth-order valence-corrected chi connectivity index (χ4v) is 2.24. The Kier molecular flexibility index (Phi) is 3.44. The minimum absolute atomic E-state index is 0.411. The summed E-state index contributed by atoms with van der Waals surface area (Å²) in [5.41, 5.74) is 0.949. The van der Waals surface area contributed by atoms with Crippen LogP contribution in [0.5, 0.6) is 0 Å². The average Bonchev–Trinajstić information content (AvgIpc) is 2.77. The lowest BCUT2D eigenvalue weighted by Gasteiger charge is -2.18. The second-order valence-corrected chi connectivity index (χ2v) is 4.63. The number of pyridine rings is 1. The molecule has 1 aliphatic heterocycles. The van der Waals surface area contributed by atoms with Crippen LogP contribution in [0.1, 0.15) is 38.4 Å². The lowest BCUT2D eigenvalue weighted by Crippen LogP contribution is -2.20. The standard InChI is InChI=1S/C13H20N2O/c1-3-11-5-7-15(9-11)13-8-12(10(2)16)4-6-14-13/h4,6,8,10-11,16H,3,5,7,9H2,1-2H3. The smallest absolute Gasteiger partial charge is 0.128 e. The van der Waals surface area contributed by atoms with Gasteiger partial charge in [0.15, 0.2) is 0 Å². The molecule has 1 N–H and O–H groups in total. The molecule has 88 valence electrons. The highest BCUT2D eigenvalue weighted by Crippen LogP contribution is 2.25. The molecule has 1 fully saturated rings. The summed E-state index contributed by atoms with van der Waals surface area (Å²) in [5.74, 6) is 1.81. The van der Waals surface area contributed by atoms with Crippen LogP contribution in [0.2, 0.25) is 0 Å². The van der Waals surface area contributed by atoms with E-state index >= 15 is 0 Å². The molecule has 3 nitrogen and oxygen atoms in total. The molecule has 1 aromatic heterocycles. The molecule has 16 heavy (non-hydrogen) atoms. The minimum atomic E-state index is -0.411. The van der Waals surface area contributed by atoms with E-state index in [0.29, 0.717) is 0 Å². The van der Waals surface area contributed by atoms with Crippen LogP contribution in [0.3, 0.4) is 0 Å². The minimum Gasteiger partial charge on any atom is -0.389 e. The molecule has 0 bridgehead atoms. The van der Waals surface area contributed by atoms with Crippen LogP contribution in [0.25, 0.3) is 0 Å². The Bertz CT molecular complexity index is 352. The van der Waals surface area contributed by atoms with Gasteiger partial charge in [0, 0.05) is 19.3 Å². The van der Waals surface area contributed by atoms with Crippen molar-refractivity contribution in [1.82, 2.24) is 4.98 Å². The van der Waals surface area contributed by atoms with Crippen molar-refractivity contribution in [3.8, 4) is 0 Å². The number of aromatic nitrogens is 1. The van der Waals surface area contributed by atoms with Gasteiger partial charge in [0.25, 0.3) is 0 Å². The van der Waals surface area contributed by atoms with Crippen LogP contribution >= 0.6 is 0 Å². The predicted molar refractivity (Wildman–Crippen MR) is 65.5 cm³/mol. The third kappa shape index (κ3) is 2.35. The Hall–Kier alpha value is -1.09. The molecule has 0 saturated carbocycles. The second kappa shape index (κ2) is 4.83. The molecule has 0 radical (unpaired) electrons. The van der Waals surface area contributed by atoms with Crippen LogP contribution in [-0.4, -0.2) is 23.2 Å². The van der Waals surface area contributed by atoms with Crippen molar-refractivity contribution in [2.24, 2.45) is 5.92 Å². The first kappa shape index (κ1) is 11.4. The molecule has 1 aliphatic rings. The highest BCUT2D eigenvalue weighted by Gasteiger charge is 2.22. The predicted octanol–water partition coefficient (Wildman–Crippen LogP) is 2.37. The zero-order valence-electron chi connectivity index (χ0n) is 10.1. The quantitative estimate of drug-likeness (QED) is 0.849. The Labute approximate surface area is 97.1 Å². The third-order valence-electron chi connectivity index (χ3n) is 3.44. The molecular weight excluding hydrogens is 200 g/mol. The maximum atomic E-state index is 9.54. The van der Waals surface area contributed by atoms with Crippen LogP contribution < -0.4 is 4.90 Å². The summed E-state index contributed by atoms with van der Waals surface area (Å²) in [6.45, 7) is 6.23. The number of hydrogen-bond acceptors (Lipinski definition) is 3. The van der Waals surface area contributed by atoms with Gasteiger partial charge in [0.05, 0.1) is 6.10 Å². The van der Waals surface area contributed by atoms with Crippen LogP contribution in [0, 0.1) is 5.92 Å². The van der Waals surface area contributed by atoms with Crippen molar-refractivity contribution in [2.75, 3.05) is 18.0 Å². The Balaban J connectivity index is 2.12. The van der Waals surface area contributed by atoms with E-state index in [9.17, 15) is 5.11 Å². The van der Waals surface area contributed by atoms with Gasteiger partial charge in [0.2, 0.25) is 0 Å². The van der Waals surface area contributed by atoms with Gasteiger partial charge in [-0.2, -0.15) is 0 Å². The SMILES string of the molecule is CCC1CCN(c2cc(C(C)O)ccn2)C1. The molecule has 1 aromatic rings. The molecule has 2 rings (SSSR count). The largest absolute Gasteiger partial charge is 0.389 e. The van der Waals surface area contributed by atoms with Crippen LogP contribution in [-0.2, 0) is 0 Å². The lowest BCUT2D eigenvalue weighted by molar-refractivity contribution is 0.199. The molecule has 0 aromatic carbocycles. The topological polar surface area (TPSA) is 36.4 Å². The van der Waals surface area contributed by atoms with E-state index in [1.54, 1.807) is 13.1 Å². The molecule has 0 aliphatic carbocycles. The molecule has 2 unspecified atom stereocenters.